The summed E-state index contributed by atoms with van der Waals surface area (Å²) >= 11 is 0. The first-order valence-corrected chi connectivity index (χ1v) is 6.28. The van der Waals surface area contributed by atoms with Gasteiger partial charge in [-0.05, 0) is 25.5 Å². The molecule has 0 aromatic heterocycles. The standard InChI is InChI=1S/C12H20N2O2/c13-12(10-4-2-6-15-10)11-7-14-5-1-3-9(14)8-16-11/h4,9,11-12H,1-3,5-8,13H2. The summed E-state index contributed by atoms with van der Waals surface area (Å²) in [6.07, 6.45) is 5.78. The zero-order valence-corrected chi connectivity index (χ0v) is 9.60. The van der Waals surface area contributed by atoms with E-state index in [2.05, 4.69) is 11.0 Å². The Kier molecular flexibility index (Phi) is 2.88. The van der Waals surface area contributed by atoms with E-state index in [0.717, 1.165) is 31.9 Å². The number of fused-ring (bicyclic) bond motifs is 1. The number of morpholine rings is 1. The van der Waals surface area contributed by atoms with Crippen molar-refractivity contribution in [2.24, 2.45) is 5.73 Å². The molecule has 0 aromatic carbocycles. The summed E-state index contributed by atoms with van der Waals surface area (Å²) < 4.78 is 11.4. The molecule has 0 aromatic rings. The van der Waals surface area contributed by atoms with Crippen LogP contribution in [0.2, 0.25) is 0 Å². The highest BCUT2D eigenvalue weighted by Gasteiger charge is 2.36. The average molecular weight is 224 g/mol. The summed E-state index contributed by atoms with van der Waals surface area (Å²) in [7, 11) is 0. The second kappa shape index (κ2) is 4.35. The molecule has 2 saturated heterocycles. The van der Waals surface area contributed by atoms with E-state index >= 15 is 0 Å². The fourth-order valence-electron chi connectivity index (χ4n) is 2.91. The van der Waals surface area contributed by atoms with Gasteiger partial charge in [-0.1, -0.05) is 0 Å². The first kappa shape index (κ1) is 10.6. The van der Waals surface area contributed by atoms with Crippen molar-refractivity contribution in [2.75, 3.05) is 26.3 Å². The van der Waals surface area contributed by atoms with Gasteiger partial charge in [0.1, 0.15) is 5.76 Å². The van der Waals surface area contributed by atoms with Crippen LogP contribution in [0.5, 0.6) is 0 Å². The van der Waals surface area contributed by atoms with Gasteiger partial charge in [-0.15, -0.1) is 0 Å². The van der Waals surface area contributed by atoms with Crippen LogP contribution in [0.15, 0.2) is 11.8 Å². The van der Waals surface area contributed by atoms with Crippen LogP contribution in [-0.2, 0) is 9.47 Å². The predicted octanol–water partition coefficient (Wildman–Crippen LogP) is 0.481. The zero-order chi connectivity index (χ0) is 11.0. The van der Waals surface area contributed by atoms with Crippen LogP contribution in [0, 0.1) is 0 Å². The number of hydrogen-bond acceptors (Lipinski definition) is 4. The fraction of sp³-hybridized carbons (Fsp3) is 0.833. The lowest BCUT2D eigenvalue weighted by molar-refractivity contribution is -0.0597. The molecule has 3 unspecified atom stereocenters. The topological polar surface area (TPSA) is 47.7 Å². The molecule has 3 rings (SSSR count). The summed E-state index contributed by atoms with van der Waals surface area (Å²) in [5.41, 5.74) is 6.19. The minimum Gasteiger partial charge on any atom is -0.496 e. The summed E-state index contributed by atoms with van der Waals surface area (Å²) in [4.78, 5) is 2.52. The monoisotopic (exact) mass is 224 g/mol. The van der Waals surface area contributed by atoms with Crippen molar-refractivity contribution >= 4 is 0 Å². The van der Waals surface area contributed by atoms with Gasteiger partial charge < -0.3 is 15.2 Å². The molecule has 0 bridgehead atoms. The molecule has 3 atom stereocenters. The highest BCUT2D eigenvalue weighted by Crippen LogP contribution is 2.25. The lowest BCUT2D eigenvalue weighted by Crippen LogP contribution is -2.53. The van der Waals surface area contributed by atoms with E-state index in [1.165, 1.54) is 19.4 Å². The smallest absolute Gasteiger partial charge is 0.112 e. The van der Waals surface area contributed by atoms with Crippen molar-refractivity contribution in [3.05, 3.63) is 11.8 Å². The Balaban J connectivity index is 1.62. The molecule has 0 amide bonds. The van der Waals surface area contributed by atoms with E-state index < -0.39 is 0 Å². The summed E-state index contributed by atoms with van der Waals surface area (Å²) in [5.74, 6) is 0.933. The molecule has 3 aliphatic heterocycles. The summed E-state index contributed by atoms with van der Waals surface area (Å²) in [6, 6.07) is 0.561. The molecule has 16 heavy (non-hydrogen) atoms. The highest BCUT2D eigenvalue weighted by molar-refractivity contribution is 5.10. The molecule has 3 aliphatic rings. The van der Waals surface area contributed by atoms with Crippen molar-refractivity contribution in [1.29, 1.82) is 0 Å². The van der Waals surface area contributed by atoms with E-state index in [-0.39, 0.29) is 12.1 Å². The largest absolute Gasteiger partial charge is 0.496 e. The Morgan fingerprint density at radius 1 is 1.50 bits per heavy atom. The second-order valence-corrected chi connectivity index (χ2v) is 4.93. The molecule has 0 spiro atoms. The number of nitrogens with two attached hydrogens (primary N) is 1. The van der Waals surface area contributed by atoms with Gasteiger partial charge in [-0.2, -0.15) is 0 Å². The molecule has 3 heterocycles. The molecule has 0 radical (unpaired) electrons. The van der Waals surface area contributed by atoms with Gasteiger partial charge in [-0.3, -0.25) is 4.90 Å². The third-order valence-electron chi connectivity index (χ3n) is 3.88. The van der Waals surface area contributed by atoms with Gasteiger partial charge in [-0.25, -0.2) is 0 Å². The van der Waals surface area contributed by atoms with Gasteiger partial charge in [0, 0.05) is 19.0 Å². The fourth-order valence-corrected chi connectivity index (χ4v) is 2.91. The molecular formula is C12H20N2O2. The van der Waals surface area contributed by atoms with Crippen molar-refractivity contribution in [3.63, 3.8) is 0 Å². The maximum absolute atomic E-state index is 6.19. The Morgan fingerprint density at radius 2 is 2.44 bits per heavy atom. The number of nitrogens with zero attached hydrogens (tertiary/aromatic N) is 1. The maximum Gasteiger partial charge on any atom is 0.112 e. The third-order valence-corrected chi connectivity index (χ3v) is 3.88. The average Bonchev–Trinajstić information content (AvgIpc) is 2.98. The van der Waals surface area contributed by atoms with E-state index in [4.69, 9.17) is 15.2 Å². The molecule has 4 nitrogen and oxygen atoms in total. The van der Waals surface area contributed by atoms with Crippen LogP contribution < -0.4 is 5.73 Å². The van der Waals surface area contributed by atoms with Crippen LogP contribution in [0.25, 0.3) is 0 Å². The van der Waals surface area contributed by atoms with Crippen molar-refractivity contribution in [3.8, 4) is 0 Å². The van der Waals surface area contributed by atoms with Gasteiger partial charge in [0.15, 0.2) is 0 Å². The molecule has 2 N–H and O–H groups in total. The van der Waals surface area contributed by atoms with Crippen LogP contribution in [-0.4, -0.2) is 49.4 Å². The maximum atomic E-state index is 6.19. The Morgan fingerprint density at radius 3 is 3.25 bits per heavy atom. The van der Waals surface area contributed by atoms with Gasteiger partial charge in [0.25, 0.3) is 0 Å². The van der Waals surface area contributed by atoms with Crippen molar-refractivity contribution in [1.82, 2.24) is 4.90 Å². The lowest BCUT2D eigenvalue weighted by Gasteiger charge is -2.37. The third kappa shape index (κ3) is 1.85. The minimum absolute atomic E-state index is 0.0796. The van der Waals surface area contributed by atoms with Crippen LogP contribution >= 0.6 is 0 Å². The van der Waals surface area contributed by atoms with E-state index in [1.807, 2.05) is 0 Å². The van der Waals surface area contributed by atoms with Crippen molar-refractivity contribution in [2.45, 2.75) is 37.5 Å². The summed E-state index contributed by atoms with van der Waals surface area (Å²) in [6.45, 7) is 3.79. The van der Waals surface area contributed by atoms with E-state index in [9.17, 15) is 0 Å². The Hall–Kier alpha value is -0.580. The van der Waals surface area contributed by atoms with E-state index in [0.29, 0.717) is 6.04 Å². The minimum atomic E-state index is -0.0796. The Bertz CT molecular complexity index is 293. The quantitative estimate of drug-likeness (QED) is 0.741. The first-order valence-electron chi connectivity index (χ1n) is 6.28. The Labute approximate surface area is 96.4 Å². The molecule has 2 fully saturated rings. The van der Waals surface area contributed by atoms with Gasteiger partial charge in [0.2, 0.25) is 0 Å². The van der Waals surface area contributed by atoms with E-state index in [1.54, 1.807) is 0 Å². The second-order valence-electron chi connectivity index (χ2n) is 4.93. The van der Waals surface area contributed by atoms with Gasteiger partial charge >= 0.3 is 0 Å². The molecule has 0 aliphatic carbocycles. The van der Waals surface area contributed by atoms with Gasteiger partial charge in [0.05, 0.1) is 25.4 Å². The molecule has 4 heteroatoms. The SMILES string of the molecule is NC(C1=CCCO1)C1CN2CCCC2CO1. The van der Waals surface area contributed by atoms with Crippen LogP contribution in [0.4, 0.5) is 0 Å². The normalized spacial score (nSPS) is 36.7. The van der Waals surface area contributed by atoms with Crippen LogP contribution in [0.1, 0.15) is 19.3 Å². The predicted molar refractivity (Wildman–Crippen MR) is 61.0 cm³/mol. The molecular weight excluding hydrogens is 204 g/mol. The number of hydrogen-bond donors (Lipinski definition) is 1. The first-order chi connectivity index (χ1) is 7.84. The van der Waals surface area contributed by atoms with Crippen LogP contribution in [0.3, 0.4) is 0 Å². The number of rotatable bonds is 2. The highest BCUT2D eigenvalue weighted by atomic mass is 16.5. The van der Waals surface area contributed by atoms with Crippen molar-refractivity contribution < 1.29 is 9.47 Å². The molecule has 90 valence electrons. The summed E-state index contributed by atoms with van der Waals surface area (Å²) in [5, 5.41) is 0. The molecule has 0 saturated carbocycles. The zero-order valence-electron chi connectivity index (χ0n) is 9.60. The number of ether oxygens (including phenoxy) is 2. The lowest BCUT2D eigenvalue weighted by atomic mass is 10.1.